The van der Waals surface area contributed by atoms with Gasteiger partial charge in [-0.15, -0.1) is 0 Å². The molecule has 0 aliphatic rings. The molecule has 0 saturated heterocycles. The number of carbonyl (C=O) groups is 2. The number of carboxylic acid groups (broad SMARTS) is 1. The Labute approximate surface area is 69.4 Å². The summed E-state index contributed by atoms with van der Waals surface area (Å²) in [5, 5.41) is 8.42. The van der Waals surface area contributed by atoms with E-state index in [-0.39, 0.29) is 12.3 Å². The minimum absolute atomic E-state index is 0.0414. The minimum atomic E-state index is -0.892. The summed E-state index contributed by atoms with van der Waals surface area (Å²) in [7, 11) is 0. The quantitative estimate of drug-likeness (QED) is 0.707. The van der Waals surface area contributed by atoms with Crippen molar-refractivity contribution in [3.63, 3.8) is 0 Å². The summed E-state index contributed by atoms with van der Waals surface area (Å²) >= 11 is 0. The van der Waals surface area contributed by atoms with Crippen LogP contribution in [-0.2, 0) is 11.2 Å². The van der Waals surface area contributed by atoms with Gasteiger partial charge in [0.25, 0.3) is 0 Å². The van der Waals surface area contributed by atoms with Gasteiger partial charge in [-0.1, -0.05) is 0 Å². The van der Waals surface area contributed by atoms with E-state index in [0.717, 1.165) is 0 Å². The largest absolute Gasteiger partial charge is 0.481 e. The van der Waals surface area contributed by atoms with Crippen molar-refractivity contribution in [1.82, 2.24) is 4.57 Å². The molecule has 64 valence electrons. The van der Waals surface area contributed by atoms with E-state index >= 15 is 0 Å². The third-order valence-electron chi connectivity index (χ3n) is 1.47. The summed E-state index contributed by atoms with van der Waals surface area (Å²) in [6.45, 7) is 1.42. The molecule has 4 nitrogen and oxygen atoms in total. The van der Waals surface area contributed by atoms with Crippen LogP contribution in [-0.4, -0.2) is 21.6 Å². The first-order valence-corrected chi connectivity index (χ1v) is 3.49. The average molecular weight is 167 g/mol. The van der Waals surface area contributed by atoms with Crippen molar-refractivity contribution in [3.8, 4) is 0 Å². The molecule has 0 saturated carbocycles. The van der Waals surface area contributed by atoms with Crippen molar-refractivity contribution in [3.05, 3.63) is 24.0 Å². The maximum atomic E-state index is 10.8. The first-order valence-electron chi connectivity index (χ1n) is 3.49. The number of aliphatic carboxylic acids is 1. The normalized spacial score (nSPS) is 9.75. The fourth-order valence-electron chi connectivity index (χ4n) is 0.916. The summed E-state index contributed by atoms with van der Waals surface area (Å²) in [6.07, 6.45) is 3.04. The molecule has 0 radical (unpaired) electrons. The molecule has 0 atom stereocenters. The van der Waals surface area contributed by atoms with Gasteiger partial charge in [0, 0.05) is 19.3 Å². The van der Waals surface area contributed by atoms with Crippen LogP contribution in [0.2, 0.25) is 0 Å². The van der Waals surface area contributed by atoms with Crippen molar-refractivity contribution in [1.29, 1.82) is 0 Å². The van der Waals surface area contributed by atoms with Gasteiger partial charge in [-0.2, -0.15) is 0 Å². The first-order chi connectivity index (χ1) is 5.59. The van der Waals surface area contributed by atoms with Gasteiger partial charge in [0.05, 0.1) is 6.42 Å². The third kappa shape index (κ3) is 1.95. The van der Waals surface area contributed by atoms with Crippen molar-refractivity contribution in [2.24, 2.45) is 0 Å². The zero-order valence-corrected chi connectivity index (χ0v) is 6.65. The Hall–Kier alpha value is -1.58. The smallest absolute Gasteiger partial charge is 0.307 e. The van der Waals surface area contributed by atoms with Gasteiger partial charge in [0.15, 0.2) is 0 Å². The second-order valence-electron chi connectivity index (χ2n) is 2.52. The summed E-state index contributed by atoms with van der Waals surface area (Å²) in [5.41, 5.74) is 0.637. The lowest BCUT2D eigenvalue weighted by atomic mass is 10.2. The predicted molar refractivity (Wildman–Crippen MR) is 42.1 cm³/mol. The Kier molecular flexibility index (Phi) is 2.28. The number of hydrogen-bond acceptors (Lipinski definition) is 2. The topological polar surface area (TPSA) is 59.3 Å². The Morgan fingerprint density at radius 1 is 1.58 bits per heavy atom. The monoisotopic (exact) mass is 167 g/mol. The Balaban J connectivity index is 2.77. The van der Waals surface area contributed by atoms with Crippen LogP contribution in [0.15, 0.2) is 18.5 Å². The Morgan fingerprint density at radius 3 is 2.67 bits per heavy atom. The lowest BCUT2D eigenvalue weighted by molar-refractivity contribution is -0.136. The molecule has 0 aromatic carbocycles. The van der Waals surface area contributed by atoms with Crippen molar-refractivity contribution >= 4 is 11.9 Å². The van der Waals surface area contributed by atoms with Crippen LogP contribution in [0.25, 0.3) is 0 Å². The summed E-state index contributed by atoms with van der Waals surface area (Å²) in [6, 6.07) is 1.62. The molecule has 0 bridgehead atoms. The summed E-state index contributed by atoms with van der Waals surface area (Å²) in [5.74, 6) is -1.01. The molecule has 0 spiro atoms. The van der Waals surface area contributed by atoms with Crippen LogP contribution >= 0.6 is 0 Å². The van der Waals surface area contributed by atoms with E-state index in [2.05, 4.69) is 0 Å². The zero-order chi connectivity index (χ0) is 9.14. The predicted octanol–water partition coefficient (Wildman–Crippen LogP) is 0.775. The van der Waals surface area contributed by atoms with E-state index in [9.17, 15) is 9.59 Å². The number of carboxylic acids is 1. The number of carbonyl (C=O) groups excluding carboxylic acids is 1. The summed E-state index contributed by atoms with van der Waals surface area (Å²) < 4.78 is 1.36. The molecule has 0 fully saturated rings. The van der Waals surface area contributed by atoms with Crippen LogP contribution in [0.5, 0.6) is 0 Å². The highest BCUT2D eigenvalue weighted by atomic mass is 16.4. The number of nitrogens with zero attached hydrogens (tertiary/aromatic N) is 1. The maximum Gasteiger partial charge on any atom is 0.307 e. The van der Waals surface area contributed by atoms with Gasteiger partial charge in [-0.25, -0.2) is 0 Å². The van der Waals surface area contributed by atoms with E-state index in [4.69, 9.17) is 5.11 Å². The van der Waals surface area contributed by atoms with Crippen LogP contribution in [0, 0.1) is 0 Å². The van der Waals surface area contributed by atoms with E-state index in [1.165, 1.54) is 17.7 Å². The molecule has 4 heteroatoms. The standard InChI is InChI=1S/C8H9NO3/c1-6(10)9-3-2-7(5-9)4-8(11)12/h2-3,5H,4H2,1H3,(H,11,12). The molecule has 12 heavy (non-hydrogen) atoms. The molecule has 1 N–H and O–H groups in total. The number of rotatable bonds is 2. The maximum absolute atomic E-state index is 10.8. The second-order valence-corrected chi connectivity index (χ2v) is 2.52. The minimum Gasteiger partial charge on any atom is -0.481 e. The number of hydrogen-bond donors (Lipinski definition) is 1. The highest BCUT2D eigenvalue weighted by Crippen LogP contribution is 2.01. The molecule has 0 unspecified atom stereocenters. The molecule has 0 aliphatic heterocycles. The van der Waals surface area contributed by atoms with Gasteiger partial charge >= 0.3 is 5.97 Å². The second kappa shape index (κ2) is 3.21. The van der Waals surface area contributed by atoms with Gasteiger partial charge < -0.3 is 5.11 Å². The Bertz CT molecular complexity index is 314. The van der Waals surface area contributed by atoms with Crippen molar-refractivity contribution in [2.75, 3.05) is 0 Å². The fraction of sp³-hybridized carbons (Fsp3) is 0.250. The average Bonchev–Trinajstić information content (AvgIpc) is 2.34. The molecule has 1 aromatic heterocycles. The van der Waals surface area contributed by atoms with E-state index in [0.29, 0.717) is 5.56 Å². The molecule has 1 rings (SSSR count). The van der Waals surface area contributed by atoms with Crippen LogP contribution in [0.4, 0.5) is 0 Å². The van der Waals surface area contributed by atoms with Gasteiger partial charge in [-0.3, -0.25) is 14.2 Å². The molecular weight excluding hydrogens is 158 g/mol. The van der Waals surface area contributed by atoms with E-state index in [1.54, 1.807) is 12.3 Å². The number of aromatic nitrogens is 1. The lowest BCUT2D eigenvalue weighted by Gasteiger charge is -1.92. The summed E-state index contributed by atoms with van der Waals surface area (Å²) in [4.78, 5) is 21.0. The van der Waals surface area contributed by atoms with Gasteiger partial charge in [-0.05, 0) is 11.6 Å². The van der Waals surface area contributed by atoms with Crippen molar-refractivity contribution in [2.45, 2.75) is 13.3 Å². The molecular formula is C8H9NO3. The SMILES string of the molecule is CC(=O)n1ccc(CC(=O)O)c1. The van der Waals surface area contributed by atoms with Gasteiger partial charge in [0.2, 0.25) is 5.91 Å². The van der Waals surface area contributed by atoms with Crippen molar-refractivity contribution < 1.29 is 14.7 Å². The van der Waals surface area contributed by atoms with E-state index < -0.39 is 5.97 Å². The highest BCUT2D eigenvalue weighted by Gasteiger charge is 2.03. The molecule has 1 heterocycles. The van der Waals surface area contributed by atoms with E-state index in [1.807, 2.05) is 0 Å². The molecule has 0 amide bonds. The fourth-order valence-corrected chi connectivity index (χ4v) is 0.916. The van der Waals surface area contributed by atoms with Crippen LogP contribution in [0.1, 0.15) is 17.3 Å². The third-order valence-corrected chi connectivity index (χ3v) is 1.47. The molecule has 0 aliphatic carbocycles. The zero-order valence-electron chi connectivity index (χ0n) is 6.65. The Morgan fingerprint density at radius 2 is 2.25 bits per heavy atom. The van der Waals surface area contributed by atoms with Gasteiger partial charge in [0.1, 0.15) is 0 Å². The highest BCUT2D eigenvalue weighted by molar-refractivity contribution is 5.77. The first kappa shape index (κ1) is 8.52. The van der Waals surface area contributed by atoms with Crippen LogP contribution < -0.4 is 0 Å². The lowest BCUT2D eigenvalue weighted by Crippen LogP contribution is -2.02. The van der Waals surface area contributed by atoms with Crippen LogP contribution in [0.3, 0.4) is 0 Å². The molecule has 1 aromatic rings.